The standard InChI is InChI=1S/2C8H16.C6H12.C2H6/c1-4-5-6-7-8(2)3;1-3-5-7-8-6-4-2;1-6-4-2-3-5-6;1-2/h2,4-7H2,1,3H3;3H,1,4-8H2,2H3;6H,2-5H2,1H3;1-2H3. The minimum Gasteiger partial charge on any atom is -0.103 e. The van der Waals surface area contributed by atoms with Crippen LogP contribution in [-0.4, -0.2) is 0 Å². The van der Waals surface area contributed by atoms with Gasteiger partial charge in [0.15, 0.2) is 0 Å². The number of hydrogen-bond donors (Lipinski definition) is 0. The Kier molecular flexibility index (Phi) is 32.2. The van der Waals surface area contributed by atoms with Gasteiger partial charge >= 0.3 is 0 Å². The van der Waals surface area contributed by atoms with Crippen LogP contribution in [0.25, 0.3) is 0 Å². The topological polar surface area (TPSA) is 0 Å². The van der Waals surface area contributed by atoms with Gasteiger partial charge in [-0.2, -0.15) is 0 Å². The van der Waals surface area contributed by atoms with Crippen LogP contribution in [0.3, 0.4) is 0 Å². The van der Waals surface area contributed by atoms with E-state index in [9.17, 15) is 0 Å². The highest BCUT2D eigenvalue weighted by Crippen LogP contribution is 2.22. The summed E-state index contributed by atoms with van der Waals surface area (Å²) >= 11 is 0. The van der Waals surface area contributed by atoms with Crippen molar-refractivity contribution in [1.29, 1.82) is 0 Å². The van der Waals surface area contributed by atoms with E-state index in [2.05, 4.69) is 40.9 Å². The molecule has 1 saturated carbocycles. The molecule has 0 spiro atoms. The van der Waals surface area contributed by atoms with Crippen LogP contribution in [0.1, 0.15) is 125 Å². The molecule has 0 aromatic heterocycles. The summed E-state index contributed by atoms with van der Waals surface area (Å²) in [6.45, 7) is 20.4. The van der Waals surface area contributed by atoms with Crippen LogP contribution in [0.5, 0.6) is 0 Å². The van der Waals surface area contributed by atoms with Gasteiger partial charge in [-0.15, -0.1) is 13.2 Å². The Labute approximate surface area is 156 Å². The number of allylic oxidation sites excluding steroid dienone is 2. The van der Waals surface area contributed by atoms with Crippen LogP contribution in [-0.2, 0) is 0 Å². The fourth-order valence-corrected chi connectivity index (χ4v) is 2.52. The Morgan fingerprint density at radius 2 is 1.42 bits per heavy atom. The summed E-state index contributed by atoms with van der Waals surface area (Å²) < 4.78 is 0. The average molecular weight is 339 g/mol. The van der Waals surface area contributed by atoms with Crippen molar-refractivity contribution in [2.24, 2.45) is 5.92 Å². The van der Waals surface area contributed by atoms with Crippen LogP contribution < -0.4 is 0 Å². The SMILES string of the molecule is C=C(C)CCCCC.C=CCCCCCC.CC.CC1CCCC1. The van der Waals surface area contributed by atoms with Gasteiger partial charge in [-0.25, -0.2) is 0 Å². The second-order valence-electron chi connectivity index (χ2n) is 6.94. The maximum Gasteiger partial charge on any atom is -0.0326 e. The molecule has 0 atom stereocenters. The Morgan fingerprint density at radius 1 is 0.917 bits per heavy atom. The highest BCUT2D eigenvalue weighted by molar-refractivity contribution is 4.86. The zero-order valence-electron chi connectivity index (χ0n) is 18.3. The quantitative estimate of drug-likeness (QED) is 0.290. The van der Waals surface area contributed by atoms with Gasteiger partial charge in [-0.3, -0.25) is 0 Å². The van der Waals surface area contributed by atoms with Crippen molar-refractivity contribution < 1.29 is 0 Å². The van der Waals surface area contributed by atoms with Gasteiger partial charge in [0.05, 0.1) is 0 Å². The van der Waals surface area contributed by atoms with E-state index < -0.39 is 0 Å². The molecule has 0 unspecified atom stereocenters. The lowest BCUT2D eigenvalue weighted by Gasteiger charge is -1.94. The zero-order chi connectivity index (χ0) is 19.1. The van der Waals surface area contributed by atoms with Crippen molar-refractivity contribution in [2.45, 2.75) is 125 Å². The van der Waals surface area contributed by atoms with Crippen molar-refractivity contribution in [3.8, 4) is 0 Å². The predicted molar refractivity (Wildman–Crippen MR) is 117 cm³/mol. The predicted octanol–water partition coefficient (Wildman–Crippen LogP) is 9.51. The molecule has 0 radical (unpaired) electrons. The molecule has 1 rings (SSSR count). The molecule has 146 valence electrons. The molecule has 0 heteroatoms. The molecule has 0 aliphatic heterocycles. The third-order valence-corrected chi connectivity index (χ3v) is 4.11. The second kappa shape index (κ2) is 27.3. The molecule has 1 aliphatic carbocycles. The van der Waals surface area contributed by atoms with E-state index in [0.717, 1.165) is 5.92 Å². The maximum atomic E-state index is 3.83. The van der Waals surface area contributed by atoms with E-state index in [-0.39, 0.29) is 0 Å². The maximum absolute atomic E-state index is 3.83. The van der Waals surface area contributed by atoms with Gasteiger partial charge in [0.2, 0.25) is 0 Å². The number of hydrogen-bond acceptors (Lipinski definition) is 0. The first-order valence-corrected chi connectivity index (χ1v) is 10.8. The summed E-state index contributed by atoms with van der Waals surface area (Å²) in [6.07, 6.45) is 19.8. The summed E-state index contributed by atoms with van der Waals surface area (Å²) in [4.78, 5) is 0. The highest BCUT2D eigenvalue weighted by atomic mass is 14.1. The van der Waals surface area contributed by atoms with Crippen molar-refractivity contribution in [2.75, 3.05) is 0 Å². The summed E-state index contributed by atoms with van der Waals surface area (Å²) in [7, 11) is 0. The van der Waals surface area contributed by atoms with Gasteiger partial charge in [0.25, 0.3) is 0 Å². The minimum atomic E-state index is 1.05. The first kappa shape index (κ1) is 28.3. The summed E-state index contributed by atoms with van der Waals surface area (Å²) in [5.74, 6) is 1.05. The molecule has 0 bridgehead atoms. The molecular formula is C24H50. The number of unbranched alkanes of at least 4 members (excludes halogenated alkanes) is 6. The van der Waals surface area contributed by atoms with E-state index in [0.29, 0.717) is 0 Å². The molecule has 0 nitrogen and oxygen atoms in total. The summed E-state index contributed by atoms with van der Waals surface area (Å²) in [5.41, 5.74) is 1.32. The zero-order valence-corrected chi connectivity index (χ0v) is 18.3. The summed E-state index contributed by atoms with van der Waals surface area (Å²) in [5, 5.41) is 0. The lowest BCUT2D eigenvalue weighted by molar-refractivity contribution is 0.612. The van der Waals surface area contributed by atoms with Crippen molar-refractivity contribution in [3.63, 3.8) is 0 Å². The third kappa shape index (κ3) is 33.2. The van der Waals surface area contributed by atoms with E-state index in [1.54, 1.807) is 0 Å². The Balaban J connectivity index is -0.000000263. The van der Waals surface area contributed by atoms with E-state index in [4.69, 9.17) is 0 Å². The van der Waals surface area contributed by atoms with Gasteiger partial charge in [-0.1, -0.05) is 104 Å². The Bertz CT molecular complexity index is 220. The molecule has 0 aromatic carbocycles. The molecule has 1 aliphatic rings. The van der Waals surface area contributed by atoms with Gasteiger partial charge in [0, 0.05) is 0 Å². The van der Waals surface area contributed by atoms with Crippen LogP contribution in [0.15, 0.2) is 24.8 Å². The first-order chi connectivity index (χ1) is 11.6. The van der Waals surface area contributed by atoms with Gasteiger partial charge in [0.1, 0.15) is 0 Å². The van der Waals surface area contributed by atoms with Crippen LogP contribution in [0, 0.1) is 5.92 Å². The Hall–Kier alpha value is -0.520. The number of rotatable bonds is 9. The molecule has 0 amide bonds. The first-order valence-electron chi connectivity index (χ1n) is 10.8. The van der Waals surface area contributed by atoms with E-state index in [1.807, 2.05) is 19.9 Å². The smallest absolute Gasteiger partial charge is 0.0326 e. The Morgan fingerprint density at radius 3 is 1.75 bits per heavy atom. The van der Waals surface area contributed by atoms with Crippen LogP contribution in [0.4, 0.5) is 0 Å². The minimum absolute atomic E-state index is 1.05. The lowest BCUT2D eigenvalue weighted by Crippen LogP contribution is -1.78. The van der Waals surface area contributed by atoms with Crippen molar-refractivity contribution in [1.82, 2.24) is 0 Å². The molecule has 0 heterocycles. The molecule has 1 fully saturated rings. The van der Waals surface area contributed by atoms with E-state index in [1.165, 1.54) is 89.0 Å². The van der Waals surface area contributed by atoms with Crippen LogP contribution in [0.2, 0.25) is 0 Å². The largest absolute Gasteiger partial charge is 0.103 e. The van der Waals surface area contributed by atoms with Gasteiger partial charge in [-0.05, 0) is 38.5 Å². The van der Waals surface area contributed by atoms with Crippen molar-refractivity contribution >= 4 is 0 Å². The molecule has 0 saturated heterocycles. The van der Waals surface area contributed by atoms with E-state index >= 15 is 0 Å². The molecular weight excluding hydrogens is 288 g/mol. The summed E-state index contributed by atoms with van der Waals surface area (Å²) in [6, 6.07) is 0. The van der Waals surface area contributed by atoms with Crippen molar-refractivity contribution in [3.05, 3.63) is 24.8 Å². The van der Waals surface area contributed by atoms with Crippen LogP contribution >= 0.6 is 0 Å². The molecule has 24 heavy (non-hydrogen) atoms. The second-order valence-corrected chi connectivity index (χ2v) is 6.94. The fraction of sp³-hybridized carbons (Fsp3) is 0.833. The monoisotopic (exact) mass is 338 g/mol. The third-order valence-electron chi connectivity index (χ3n) is 4.11. The fourth-order valence-electron chi connectivity index (χ4n) is 2.52. The normalized spacial score (nSPS) is 12.8. The molecule has 0 N–H and O–H groups in total. The lowest BCUT2D eigenvalue weighted by atomic mass is 10.1. The average Bonchev–Trinajstić information content (AvgIpc) is 3.06. The molecule has 0 aromatic rings. The van der Waals surface area contributed by atoms with Gasteiger partial charge < -0.3 is 0 Å². The highest BCUT2D eigenvalue weighted by Gasteiger charge is 2.07.